The average Bonchev–Trinajstić information content (AvgIpc) is 2.15. The van der Waals surface area contributed by atoms with Gasteiger partial charge >= 0.3 is 5.97 Å². The molecule has 1 fully saturated rings. The van der Waals surface area contributed by atoms with Gasteiger partial charge in [-0.25, -0.2) is 4.79 Å². The van der Waals surface area contributed by atoms with E-state index in [0.29, 0.717) is 6.04 Å². The normalized spacial score (nSPS) is 23.8. The summed E-state index contributed by atoms with van der Waals surface area (Å²) in [5.74, 6) is -0.861. The molecule has 1 N–H and O–H groups in total. The minimum absolute atomic E-state index is 0.546. The fourth-order valence-corrected chi connectivity index (χ4v) is 1.82. The maximum atomic E-state index is 10.3. The predicted molar refractivity (Wildman–Crippen MR) is 51.4 cm³/mol. The van der Waals surface area contributed by atoms with Crippen molar-refractivity contribution in [3.05, 3.63) is 12.3 Å². The highest BCUT2D eigenvalue weighted by Gasteiger charge is 2.17. The van der Waals surface area contributed by atoms with Crippen molar-refractivity contribution >= 4 is 5.97 Å². The SMILES string of the molecule is CCC1CCCCN1C=CC(=O)O. The van der Waals surface area contributed by atoms with Crippen LogP contribution in [0.2, 0.25) is 0 Å². The van der Waals surface area contributed by atoms with Crippen LogP contribution >= 0.6 is 0 Å². The number of carboxylic acid groups (broad SMARTS) is 1. The topological polar surface area (TPSA) is 40.5 Å². The highest BCUT2D eigenvalue weighted by atomic mass is 16.4. The molecule has 0 spiro atoms. The molecule has 0 bridgehead atoms. The quantitative estimate of drug-likeness (QED) is 0.679. The maximum absolute atomic E-state index is 10.3. The molecule has 0 aliphatic carbocycles. The Hall–Kier alpha value is -0.990. The number of likely N-dealkylation sites (tertiary alicyclic amines) is 1. The van der Waals surface area contributed by atoms with Crippen molar-refractivity contribution in [2.24, 2.45) is 0 Å². The van der Waals surface area contributed by atoms with Gasteiger partial charge in [0.2, 0.25) is 0 Å². The molecule has 1 atom stereocenters. The third-order valence-corrected chi connectivity index (χ3v) is 2.55. The lowest BCUT2D eigenvalue weighted by Gasteiger charge is -2.34. The lowest BCUT2D eigenvalue weighted by molar-refractivity contribution is -0.131. The monoisotopic (exact) mass is 183 g/mol. The molecule has 3 nitrogen and oxygen atoms in total. The molecule has 1 aliphatic heterocycles. The molecule has 1 unspecified atom stereocenters. The van der Waals surface area contributed by atoms with Crippen LogP contribution < -0.4 is 0 Å². The van der Waals surface area contributed by atoms with Gasteiger partial charge in [-0.1, -0.05) is 6.92 Å². The predicted octanol–water partition coefficient (Wildman–Crippen LogP) is 1.85. The van der Waals surface area contributed by atoms with Crippen LogP contribution in [-0.4, -0.2) is 28.6 Å². The Morgan fingerprint density at radius 2 is 2.38 bits per heavy atom. The number of rotatable bonds is 3. The Kier molecular flexibility index (Phi) is 3.80. The zero-order valence-electron chi connectivity index (χ0n) is 8.07. The number of hydrogen-bond donors (Lipinski definition) is 1. The van der Waals surface area contributed by atoms with Crippen LogP contribution in [-0.2, 0) is 4.79 Å². The van der Waals surface area contributed by atoms with Crippen molar-refractivity contribution in [1.29, 1.82) is 0 Å². The van der Waals surface area contributed by atoms with Crippen LogP contribution in [0.25, 0.3) is 0 Å². The molecule has 13 heavy (non-hydrogen) atoms. The Morgan fingerprint density at radius 3 is 3.00 bits per heavy atom. The van der Waals surface area contributed by atoms with Gasteiger partial charge in [-0.05, 0) is 25.7 Å². The van der Waals surface area contributed by atoms with Gasteiger partial charge in [0.1, 0.15) is 0 Å². The highest BCUT2D eigenvalue weighted by Crippen LogP contribution is 2.19. The molecule has 1 rings (SSSR count). The van der Waals surface area contributed by atoms with E-state index in [1.807, 2.05) is 0 Å². The van der Waals surface area contributed by atoms with E-state index in [1.54, 1.807) is 6.20 Å². The summed E-state index contributed by atoms with van der Waals surface area (Å²) in [6.07, 6.45) is 7.70. The lowest BCUT2D eigenvalue weighted by atomic mass is 10.0. The second-order valence-electron chi connectivity index (χ2n) is 3.45. The second kappa shape index (κ2) is 4.90. The minimum Gasteiger partial charge on any atom is -0.478 e. The number of nitrogens with zero attached hydrogens (tertiary/aromatic N) is 1. The first-order valence-corrected chi connectivity index (χ1v) is 4.91. The minimum atomic E-state index is -0.861. The molecule has 1 aliphatic rings. The fourth-order valence-electron chi connectivity index (χ4n) is 1.82. The number of aliphatic carboxylic acids is 1. The molecule has 0 radical (unpaired) electrons. The summed E-state index contributed by atoms with van der Waals surface area (Å²) in [4.78, 5) is 12.5. The van der Waals surface area contributed by atoms with Crippen molar-refractivity contribution < 1.29 is 9.90 Å². The average molecular weight is 183 g/mol. The van der Waals surface area contributed by atoms with Crippen LogP contribution in [0.5, 0.6) is 0 Å². The summed E-state index contributed by atoms with van der Waals surface area (Å²) in [5, 5.41) is 8.49. The molecule has 0 aromatic heterocycles. The molecule has 0 amide bonds. The van der Waals surface area contributed by atoms with Crippen molar-refractivity contribution in [2.45, 2.75) is 38.6 Å². The van der Waals surface area contributed by atoms with E-state index in [-0.39, 0.29) is 0 Å². The van der Waals surface area contributed by atoms with Crippen molar-refractivity contribution in [1.82, 2.24) is 4.90 Å². The number of carbonyl (C=O) groups is 1. The van der Waals surface area contributed by atoms with Crippen LogP contribution in [0.4, 0.5) is 0 Å². The van der Waals surface area contributed by atoms with Gasteiger partial charge in [-0.3, -0.25) is 0 Å². The molecule has 3 heteroatoms. The van der Waals surface area contributed by atoms with E-state index in [2.05, 4.69) is 11.8 Å². The third-order valence-electron chi connectivity index (χ3n) is 2.55. The van der Waals surface area contributed by atoms with Crippen LogP contribution in [0.15, 0.2) is 12.3 Å². The zero-order valence-corrected chi connectivity index (χ0v) is 8.07. The van der Waals surface area contributed by atoms with Crippen LogP contribution in [0.1, 0.15) is 32.6 Å². The van der Waals surface area contributed by atoms with Crippen molar-refractivity contribution in [3.8, 4) is 0 Å². The van der Waals surface area contributed by atoms with E-state index < -0.39 is 5.97 Å². The molecular formula is C10H17NO2. The first kappa shape index (κ1) is 10.1. The Morgan fingerprint density at radius 1 is 1.62 bits per heavy atom. The van der Waals surface area contributed by atoms with Gasteiger partial charge in [-0.15, -0.1) is 0 Å². The van der Waals surface area contributed by atoms with E-state index in [0.717, 1.165) is 13.0 Å². The summed E-state index contributed by atoms with van der Waals surface area (Å²) in [5.41, 5.74) is 0. The third kappa shape index (κ3) is 3.09. The van der Waals surface area contributed by atoms with Crippen molar-refractivity contribution in [2.75, 3.05) is 6.54 Å². The number of hydrogen-bond acceptors (Lipinski definition) is 2. The molecule has 74 valence electrons. The van der Waals surface area contributed by atoms with Gasteiger partial charge in [0.15, 0.2) is 0 Å². The Bertz CT molecular complexity index is 201. The molecule has 0 aromatic rings. The summed E-state index contributed by atoms with van der Waals surface area (Å²) >= 11 is 0. The van der Waals surface area contributed by atoms with E-state index in [4.69, 9.17) is 5.11 Å². The van der Waals surface area contributed by atoms with Crippen molar-refractivity contribution in [3.63, 3.8) is 0 Å². The number of piperidine rings is 1. The standard InChI is InChI=1S/C10H17NO2/c1-2-9-5-3-4-7-11(9)8-6-10(12)13/h6,8-9H,2-5,7H2,1H3,(H,12,13). The van der Waals surface area contributed by atoms with E-state index >= 15 is 0 Å². The highest BCUT2D eigenvalue weighted by molar-refractivity contribution is 5.79. The van der Waals surface area contributed by atoms with Gasteiger partial charge in [0.05, 0.1) is 0 Å². The molecule has 1 saturated heterocycles. The Labute approximate surface area is 79.0 Å². The largest absolute Gasteiger partial charge is 0.478 e. The smallest absolute Gasteiger partial charge is 0.329 e. The van der Waals surface area contributed by atoms with Crippen LogP contribution in [0, 0.1) is 0 Å². The lowest BCUT2D eigenvalue weighted by Crippen LogP contribution is -2.34. The van der Waals surface area contributed by atoms with Gasteiger partial charge in [-0.2, -0.15) is 0 Å². The summed E-state index contributed by atoms with van der Waals surface area (Å²) < 4.78 is 0. The zero-order chi connectivity index (χ0) is 9.68. The molecule has 0 saturated carbocycles. The summed E-state index contributed by atoms with van der Waals surface area (Å²) in [6.45, 7) is 3.15. The first-order chi connectivity index (χ1) is 6.24. The second-order valence-corrected chi connectivity index (χ2v) is 3.45. The number of carboxylic acids is 1. The summed E-state index contributed by atoms with van der Waals surface area (Å²) in [7, 11) is 0. The molecular weight excluding hydrogens is 166 g/mol. The maximum Gasteiger partial charge on any atom is 0.329 e. The molecule has 1 heterocycles. The van der Waals surface area contributed by atoms with E-state index in [1.165, 1.54) is 25.3 Å². The molecule has 0 aromatic carbocycles. The van der Waals surface area contributed by atoms with Gasteiger partial charge < -0.3 is 10.0 Å². The summed E-state index contributed by atoms with van der Waals surface area (Å²) in [6, 6.07) is 0.546. The van der Waals surface area contributed by atoms with E-state index in [9.17, 15) is 4.79 Å². The van der Waals surface area contributed by atoms with Crippen LogP contribution in [0.3, 0.4) is 0 Å². The van der Waals surface area contributed by atoms with Gasteiger partial charge in [0.25, 0.3) is 0 Å². The fraction of sp³-hybridized carbons (Fsp3) is 0.700. The van der Waals surface area contributed by atoms with Gasteiger partial charge in [0, 0.05) is 24.9 Å². The first-order valence-electron chi connectivity index (χ1n) is 4.91. The Balaban J connectivity index is 2.49.